The maximum atomic E-state index is 10.1. The molecule has 0 bridgehead atoms. The summed E-state index contributed by atoms with van der Waals surface area (Å²) in [5.74, 6) is 0.884. The second-order valence-corrected chi connectivity index (χ2v) is 9.11. The first-order valence-electron chi connectivity index (χ1n) is 11.5. The second kappa shape index (κ2) is 10.1. The van der Waals surface area contributed by atoms with E-state index in [1.807, 2.05) is 12.1 Å². The second-order valence-electron chi connectivity index (χ2n) is 9.11. The number of hydrogen-bond donors (Lipinski definition) is 3. The molecule has 4 rings (SSSR count). The van der Waals surface area contributed by atoms with Crippen molar-refractivity contribution in [3.05, 3.63) is 64.7 Å². The van der Waals surface area contributed by atoms with Crippen molar-refractivity contribution in [1.82, 2.24) is 0 Å². The third-order valence-electron chi connectivity index (χ3n) is 6.59. The number of aliphatic hydroxyl groups excluding tert-OH is 3. The molecule has 31 heavy (non-hydrogen) atoms. The van der Waals surface area contributed by atoms with Crippen LogP contribution in [0.1, 0.15) is 66.9 Å². The van der Waals surface area contributed by atoms with Crippen molar-refractivity contribution >= 4 is 0 Å². The summed E-state index contributed by atoms with van der Waals surface area (Å²) in [6.07, 6.45) is 4.40. The smallest absolute Gasteiger partial charge is 0.119 e. The number of ether oxygens (including phenoxy) is 2. The van der Waals surface area contributed by atoms with Gasteiger partial charge in [-0.2, -0.15) is 0 Å². The first-order chi connectivity index (χ1) is 15.0. The Kier molecular flexibility index (Phi) is 7.28. The lowest BCUT2D eigenvalue weighted by Gasteiger charge is -2.32. The Bertz CT molecular complexity index is 841. The highest BCUT2D eigenvalue weighted by Gasteiger charge is 2.29. The Hall–Kier alpha value is -1.92. The van der Waals surface area contributed by atoms with Crippen molar-refractivity contribution in [3.8, 4) is 5.75 Å². The van der Waals surface area contributed by atoms with Gasteiger partial charge in [-0.05, 0) is 73.4 Å². The van der Waals surface area contributed by atoms with Crippen LogP contribution in [-0.2, 0) is 11.2 Å². The van der Waals surface area contributed by atoms with Crippen LogP contribution >= 0.6 is 0 Å². The number of benzene rings is 2. The molecule has 5 heteroatoms. The molecule has 5 nitrogen and oxygen atoms in total. The summed E-state index contributed by atoms with van der Waals surface area (Å²) < 4.78 is 12.1. The van der Waals surface area contributed by atoms with E-state index in [0.717, 1.165) is 43.4 Å². The van der Waals surface area contributed by atoms with Gasteiger partial charge in [0.25, 0.3) is 0 Å². The van der Waals surface area contributed by atoms with E-state index in [0.29, 0.717) is 12.8 Å². The van der Waals surface area contributed by atoms with Gasteiger partial charge < -0.3 is 24.8 Å². The Morgan fingerprint density at radius 3 is 2.39 bits per heavy atom. The number of aryl methyl sites for hydroxylation is 1. The quantitative estimate of drug-likeness (QED) is 0.654. The molecular weight excluding hydrogens is 392 g/mol. The molecular formula is C26H34O5. The number of hydrogen-bond acceptors (Lipinski definition) is 5. The van der Waals surface area contributed by atoms with Crippen LogP contribution in [0.4, 0.5) is 0 Å². The Balaban J connectivity index is 1.41. The van der Waals surface area contributed by atoms with Crippen molar-refractivity contribution < 1.29 is 24.8 Å². The molecule has 1 saturated carbocycles. The highest BCUT2D eigenvalue weighted by atomic mass is 16.5. The van der Waals surface area contributed by atoms with Gasteiger partial charge in [0.2, 0.25) is 0 Å². The molecule has 1 saturated heterocycles. The van der Waals surface area contributed by atoms with E-state index in [-0.39, 0.29) is 31.0 Å². The van der Waals surface area contributed by atoms with E-state index < -0.39 is 6.10 Å². The van der Waals surface area contributed by atoms with Gasteiger partial charge in [-0.3, -0.25) is 0 Å². The first-order valence-corrected chi connectivity index (χ1v) is 11.5. The van der Waals surface area contributed by atoms with Crippen molar-refractivity contribution in [1.29, 1.82) is 0 Å². The van der Waals surface area contributed by atoms with Crippen LogP contribution < -0.4 is 4.74 Å². The van der Waals surface area contributed by atoms with Gasteiger partial charge in [-0.15, -0.1) is 0 Å². The highest BCUT2D eigenvalue weighted by molar-refractivity contribution is 5.38. The van der Waals surface area contributed by atoms with Crippen LogP contribution in [0, 0.1) is 6.92 Å². The standard InChI is InChI=1S/C26H34O5/c1-17-2-5-19(26-15-22(29)14-25(16-27)31-26)13-20(17)12-18-3-8-23(9-4-18)30-24-10-6-21(28)7-11-24/h2-5,8-9,13,21-22,24-29H,6-7,10-12,14-16H2,1H3/t21?,22-,24?,25-,26+/m0/s1. The lowest BCUT2D eigenvalue weighted by Crippen LogP contribution is -2.33. The summed E-state index contributed by atoms with van der Waals surface area (Å²) >= 11 is 0. The molecule has 168 valence electrons. The van der Waals surface area contributed by atoms with Gasteiger partial charge in [-0.25, -0.2) is 0 Å². The van der Waals surface area contributed by atoms with Gasteiger partial charge in [0.15, 0.2) is 0 Å². The molecule has 0 spiro atoms. The largest absolute Gasteiger partial charge is 0.490 e. The molecule has 0 radical (unpaired) electrons. The number of rotatable bonds is 6. The number of aliphatic hydroxyl groups is 3. The summed E-state index contributed by atoms with van der Waals surface area (Å²) in [6.45, 7) is 2.04. The minimum atomic E-state index is -0.444. The summed E-state index contributed by atoms with van der Waals surface area (Å²) in [6, 6.07) is 14.6. The zero-order valence-corrected chi connectivity index (χ0v) is 18.2. The lowest BCUT2D eigenvalue weighted by molar-refractivity contribution is -0.113. The zero-order chi connectivity index (χ0) is 21.8. The molecule has 0 aromatic heterocycles. The maximum absolute atomic E-state index is 10.1. The maximum Gasteiger partial charge on any atom is 0.119 e. The van der Waals surface area contributed by atoms with Crippen LogP contribution in [0.2, 0.25) is 0 Å². The molecule has 0 unspecified atom stereocenters. The third-order valence-corrected chi connectivity index (χ3v) is 6.59. The van der Waals surface area contributed by atoms with Crippen LogP contribution in [0.25, 0.3) is 0 Å². The van der Waals surface area contributed by atoms with Crippen LogP contribution in [0.5, 0.6) is 5.75 Å². The molecule has 2 aromatic rings. The molecule has 3 N–H and O–H groups in total. The fourth-order valence-electron chi connectivity index (χ4n) is 4.67. The molecule has 3 atom stereocenters. The van der Waals surface area contributed by atoms with Crippen LogP contribution in [0.15, 0.2) is 42.5 Å². The Morgan fingerprint density at radius 2 is 1.68 bits per heavy atom. The Labute approximate surface area is 184 Å². The van der Waals surface area contributed by atoms with E-state index >= 15 is 0 Å². The third kappa shape index (κ3) is 5.86. The molecule has 1 heterocycles. The molecule has 1 aliphatic heterocycles. The summed E-state index contributed by atoms with van der Waals surface area (Å²) in [4.78, 5) is 0. The summed E-state index contributed by atoms with van der Waals surface area (Å²) in [5, 5.41) is 29.2. The molecule has 2 aliphatic rings. The molecule has 2 fully saturated rings. The van der Waals surface area contributed by atoms with Gasteiger partial charge in [0.05, 0.1) is 37.1 Å². The monoisotopic (exact) mass is 426 g/mol. The predicted octanol–water partition coefficient (Wildman–Crippen LogP) is 3.84. The fraction of sp³-hybridized carbons (Fsp3) is 0.538. The minimum Gasteiger partial charge on any atom is -0.490 e. The van der Waals surface area contributed by atoms with Crippen molar-refractivity contribution in [3.63, 3.8) is 0 Å². The van der Waals surface area contributed by atoms with Gasteiger partial charge in [-0.1, -0.05) is 30.3 Å². The molecule has 2 aromatic carbocycles. The van der Waals surface area contributed by atoms with Crippen LogP contribution in [-0.4, -0.2) is 46.3 Å². The zero-order valence-electron chi connectivity index (χ0n) is 18.2. The average molecular weight is 427 g/mol. The van der Waals surface area contributed by atoms with E-state index in [2.05, 4.69) is 37.3 Å². The van der Waals surface area contributed by atoms with Crippen molar-refractivity contribution in [2.24, 2.45) is 0 Å². The fourth-order valence-corrected chi connectivity index (χ4v) is 4.67. The lowest BCUT2D eigenvalue weighted by atomic mass is 9.92. The topological polar surface area (TPSA) is 79.2 Å². The van der Waals surface area contributed by atoms with Gasteiger partial charge in [0, 0.05) is 12.8 Å². The van der Waals surface area contributed by atoms with Crippen LogP contribution in [0.3, 0.4) is 0 Å². The summed E-state index contributed by atoms with van der Waals surface area (Å²) in [5.41, 5.74) is 4.72. The SMILES string of the molecule is Cc1ccc([C@H]2C[C@@H](O)C[C@@H](CO)O2)cc1Cc1ccc(OC2CCC(O)CC2)cc1. The van der Waals surface area contributed by atoms with Crippen molar-refractivity contribution in [2.45, 2.75) is 82.4 Å². The first kappa shape index (κ1) is 22.3. The Morgan fingerprint density at radius 1 is 0.935 bits per heavy atom. The van der Waals surface area contributed by atoms with Gasteiger partial charge in [0.1, 0.15) is 5.75 Å². The van der Waals surface area contributed by atoms with E-state index in [1.54, 1.807) is 0 Å². The van der Waals surface area contributed by atoms with E-state index in [1.165, 1.54) is 16.7 Å². The van der Waals surface area contributed by atoms with Gasteiger partial charge >= 0.3 is 0 Å². The molecule has 0 amide bonds. The van der Waals surface area contributed by atoms with E-state index in [9.17, 15) is 15.3 Å². The predicted molar refractivity (Wildman–Crippen MR) is 119 cm³/mol. The summed E-state index contributed by atoms with van der Waals surface area (Å²) in [7, 11) is 0. The highest BCUT2D eigenvalue weighted by Crippen LogP contribution is 2.33. The van der Waals surface area contributed by atoms with E-state index in [4.69, 9.17) is 9.47 Å². The normalized spacial score (nSPS) is 29.0. The average Bonchev–Trinajstić information content (AvgIpc) is 2.77. The molecule has 1 aliphatic carbocycles. The van der Waals surface area contributed by atoms with Crippen molar-refractivity contribution in [2.75, 3.05) is 6.61 Å². The minimum absolute atomic E-state index is 0.0673.